The van der Waals surface area contributed by atoms with Crippen LogP contribution < -0.4 is 11.1 Å². The Morgan fingerprint density at radius 3 is 2.59 bits per heavy atom. The van der Waals surface area contributed by atoms with Crippen LogP contribution in [0.25, 0.3) is 16.6 Å². The number of rotatable bonds is 6. The van der Waals surface area contributed by atoms with Crippen molar-refractivity contribution in [2.45, 2.75) is 26.4 Å². The zero-order valence-electron chi connectivity index (χ0n) is 16.9. The van der Waals surface area contributed by atoms with Gasteiger partial charge in [-0.25, -0.2) is 4.52 Å². The van der Waals surface area contributed by atoms with Crippen molar-refractivity contribution in [3.8, 4) is 11.1 Å². The van der Waals surface area contributed by atoms with Gasteiger partial charge >= 0.3 is 0 Å². The summed E-state index contributed by atoms with van der Waals surface area (Å²) in [4.78, 5) is 14.3. The maximum atomic E-state index is 11.8. The molecule has 1 saturated heterocycles. The highest BCUT2D eigenvalue weighted by atomic mass is 16.5. The van der Waals surface area contributed by atoms with Gasteiger partial charge in [0.25, 0.3) is 5.91 Å². The van der Waals surface area contributed by atoms with E-state index in [-0.39, 0.29) is 6.04 Å². The molecule has 0 unspecified atom stereocenters. The Labute approximate surface area is 170 Å². The molecule has 0 atom stereocenters. The number of hydrogen-bond acceptors (Lipinski definition) is 5. The zero-order chi connectivity index (χ0) is 20.4. The summed E-state index contributed by atoms with van der Waals surface area (Å²) >= 11 is 0. The molecule has 7 heteroatoms. The minimum absolute atomic E-state index is 0.164. The largest absolute Gasteiger partial charge is 0.380 e. The standard InChI is InChI=1S/C22H27N5O2/c1-15(2)25-21-19(22(23)28)12-24-27-14-18(11-20(21)27)17-5-3-16(4-6-17)13-26-7-9-29-10-8-26/h3-6,11-12,14-15,25H,7-10,13H2,1-2H3,(H2,23,28). The molecule has 3 aromatic rings. The van der Waals surface area contributed by atoms with E-state index in [2.05, 4.69) is 39.6 Å². The van der Waals surface area contributed by atoms with Crippen molar-refractivity contribution in [2.24, 2.45) is 5.73 Å². The Morgan fingerprint density at radius 1 is 1.21 bits per heavy atom. The number of ether oxygens (including phenoxy) is 1. The lowest BCUT2D eigenvalue weighted by atomic mass is 10.1. The van der Waals surface area contributed by atoms with Crippen LogP contribution in [0.5, 0.6) is 0 Å². The Bertz CT molecular complexity index is 1000. The lowest BCUT2D eigenvalue weighted by Crippen LogP contribution is -2.35. The van der Waals surface area contributed by atoms with Gasteiger partial charge in [0.1, 0.15) is 0 Å². The molecular weight excluding hydrogens is 366 g/mol. The first-order valence-electron chi connectivity index (χ1n) is 9.98. The number of aromatic nitrogens is 2. The van der Waals surface area contributed by atoms with E-state index in [0.717, 1.165) is 55.2 Å². The van der Waals surface area contributed by atoms with E-state index >= 15 is 0 Å². The average molecular weight is 393 g/mol. The number of morpholine rings is 1. The second-order valence-corrected chi connectivity index (χ2v) is 7.74. The van der Waals surface area contributed by atoms with Crippen molar-refractivity contribution < 1.29 is 9.53 Å². The highest BCUT2D eigenvalue weighted by molar-refractivity contribution is 6.02. The van der Waals surface area contributed by atoms with E-state index in [9.17, 15) is 4.79 Å². The molecule has 0 aliphatic carbocycles. The number of fused-ring (bicyclic) bond motifs is 1. The van der Waals surface area contributed by atoms with Gasteiger partial charge in [-0.3, -0.25) is 9.69 Å². The van der Waals surface area contributed by atoms with E-state index in [0.29, 0.717) is 5.56 Å². The zero-order valence-corrected chi connectivity index (χ0v) is 16.9. The number of nitrogens with one attached hydrogen (secondary N) is 1. The van der Waals surface area contributed by atoms with Gasteiger partial charge in [0.05, 0.1) is 36.2 Å². The Morgan fingerprint density at radius 2 is 1.93 bits per heavy atom. The van der Waals surface area contributed by atoms with Gasteiger partial charge in [0.15, 0.2) is 0 Å². The molecule has 0 bridgehead atoms. The number of carbonyl (C=O) groups is 1. The smallest absolute Gasteiger partial charge is 0.252 e. The molecule has 0 spiro atoms. The van der Waals surface area contributed by atoms with Crippen LogP contribution in [0.3, 0.4) is 0 Å². The van der Waals surface area contributed by atoms with Crippen molar-refractivity contribution in [1.82, 2.24) is 14.5 Å². The van der Waals surface area contributed by atoms with Gasteiger partial charge in [-0.15, -0.1) is 0 Å². The first kappa shape index (κ1) is 19.4. The molecule has 3 heterocycles. The molecule has 2 aromatic heterocycles. The number of amides is 1. The van der Waals surface area contributed by atoms with E-state index in [1.165, 1.54) is 11.8 Å². The summed E-state index contributed by atoms with van der Waals surface area (Å²) in [7, 11) is 0. The number of benzene rings is 1. The summed E-state index contributed by atoms with van der Waals surface area (Å²) < 4.78 is 7.20. The highest BCUT2D eigenvalue weighted by Crippen LogP contribution is 2.29. The number of carbonyl (C=O) groups excluding carboxylic acids is 1. The Balaban J connectivity index is 1.62. The third kappa shape index (κ3) is 4.26. The number of hydrogen-bond donors (Lipinski definition) is 2. The van der Waals surface area contributed by atoms with Gasteiger partial charge < -0.3 is 15.8 Å². The Kier molecular flexibility index (Phi) is 5.51. The summed E-state index contributed by atoms with van der Waals surface area (Å²) in [5.74, 6) is -0.488. The van der Waals surface area contributed by atoms with E-state index < -0.39 is 5.91 Å². The predicted octanol–water partition coefficient (Wildman–Crippen LogP) is 2.75. The van der Waals surface area contributed by atoms with Crippen LogP contribution in [0.15, 0.2) is 42.7 Å². The predicted molar refractivity (Wildman–Crippen MR) is 114 cm³/mol. The molecule has 1 aliphatic rings. The van der Waals surface area contributed by atoms with Gasteiger partial charge in [-0.1, -0.05) is 24.3 Å². The van der Waals surface area contributed by atoms with Crippen LogP contribution in [0.4, 0.5) is 5.69 Å². The summed E-state index contributed by atoms with van der Waals surface area (Å²) in [5, 5.41) is 7.71. The molecule has 3 N–H and O–H groups in total. The van der Waals surface area contributed by atoms with Crippen LogP contribution in [0, 0.1) is 0 Å². The number of primary amides is 1. The first-order valence-corrected chi connectivity index (χ1v) is 9.98. The van der Waals surface area contributed by atoms with Gasteiger partial charge in [-0.2, -0.15) is 5.10 Å². The number of nitrogens with two attached hydrogens (primary N) is 1. The average Bonchev–Trinajstić information content (AvgIpc) is 3.14. The fraction of sp³-hybridized carbons (Fsp3) is 0.364. The highest BCUT2D eigenvalue weighted by Gasteiger charge is 2.16. The summed E-state index contributed by atoms with van der Waals surface area (Å²) in [6, 6.07) is 10.8. The fourth-order valence-corrected chi connectivity index (χ4v) is 3.66. The van der Waals surface area contributed by atoms with Gasteiger partial charge in [0.2, 0.25) is 0 Å². The minimum atomic E-state index is -0.488. The minimum Gasteiger partial charge on any atom is -0.380 e. The van der Waals surface area contributed by atoms with Crippen LogP contribution in [-0.4, -0.2) is 52.8 Å². The lowest BCUT2D eigenvalue weighted by Gasteiger charge is -2.26. The maximum Gasteiger partial charge on any atom is 0.252 e. The molecule has 1 aliphatic heterocycles. The number of nitrogens with zero attached hydrogens (tertiary/aromatic N) is 3. The maximum absolute atomic E-state index is 11.8. The summed E-state index contributed by atoms with van der Waals surface area (Å²) in [6.45, 7) is 8.56. The topological polar surface area (TPSA) is 84.9 Å². The number of anilines is 1. The van der Waals surface area contributed by atoms with Crippen molar-refractivity contribution in [3.63, 3.8) is 0 Å². The van der Waals surface area contributed by atoms with E-state index in [1.54, 1.807) is 4.52 Å². The molecule has 152 valence electrons. The molecule has 0 saturated carbocycles. The second kappa shape index (κ2) is 8.23. The monoisotopic (exact) mass is 393 g/mol. The molecule has 0 radical (unpaired) electrons. The van der Waals surface area contributed by atoms with Crippen LogP contribution in [0.1, 0.15) is 29.8 Å². The summed E-state index contributed by atoms with van der Waals surface area (Å²) in [6.07, 6.45) is 3.50. The third-order valence-corrected chi connectivity index (χ3v) is 5.13. The first-order chi connectivity index (χ1) is 14.0. The fourth-order valence-electron chi connectivity index (χ4n) is 3.66. The third-order valence-electron chi connectivity index (χ3n) is 5.13. The van der Waals surface area contributed by atoms with Crippen LogP contribution in [-0.2, 0) is 11.3 Å². The molecule has 7 nitrogen and oxygen atoms in total. The normalized spacial score (nSPS) is 15.1. The molecule has 1 fully saturated rings. The van der Waals surface area contributed by atoms with Crippen molar-refractivity contribution >= 4 is 17.1 Å². The van der Waals surface area contributed by atoms with Crippen molar-refractivity contribution in [3.05, 3.63) is 53.9 Å². The Hall–Kier alpha value is -2.90. The van der Waals surface area contributed by atoms with E-state index in [1.807, 2.05) is 26.1 Å². The van der Waals surface area contributed by atoms with Crippen molar-refractivity contribution in [1.29, 1.82) is 0 Å². The lowest BCUT2D eigenvalue weighted by molar-refractivity contribution is 0.0342. The SMILES string of the molecule is CC(C)Nc1c(C(N)=O)cnn2cc(-c3ccc(CN4CCOCC4)cc3)cc12. The second-order valence-electron chi connectivity index (χ2n) is 7.74. The van der Waals surface area contributed by atoms with Crippen LogP contribution in [0.2, 0.25) is 0 Å². The molecule has 1 aromatic carbocycles. The molecule has 29 heavy (non-hydrogen) atoms. The molecule has 1 amide bonds. The molecule has 4 rings (SSSR count). The van der Waals surface area contributed by atoms with Crippen LogP contribution >= 0.6 is 0 Å². The van der Waals surface area contributed by atoms with E-state index in [4.69, 9.17) is 10.5 Å². The molecular formula is C22H27N5O2. The van der Waals surface area contributed by atoms with Crippen molar-refractivity contribution in [2.75, 3.05) is 31.6 Å². The summed E-state index contributed by atoms with van der Waals surface area (Å²) in [5.41, 5.74) is 10.9. The van der Waals surface area contributed by atoms with Gasteiger partial charge in [-0.05, 0) is 31.0 Å². The quantitative estimate of drug-likeness (QED) is 0.673. The van der Waals surface area contributed by atoms with Gasteiger partial charge in [0, 0.05) is 37.4 Å².